The van der Waals surface area contributed by atoms with Crippen LogP contribution < -0.4 is 15.0 Å². The molecule has 3 rings (SSSR count). The van der Waals surface area contributed by atoms with Crippen molar-refractivity contribution in [1.82, 2.24) is 9.66 Å². The van der Waals surface area contributed by atoms with E-state index in [1.54, 1.807) is 19.4 Å². The van der Waals surface area contributed by atoms with Gasteiger partial charge >= 0.3 is 0 Å². The van der Waals surface area contributed by atoms with Crippen LogP contribution in [0.5, 0.6) is 11.5 Å². The number of aromatic nitrogens is 2. The first-order valence-corrected chi connectivity index (χ1v) is 11.2. The van der Waals surface area contributed by atoms with E-state index < -0.39 is 0 Å². The lowest BCUT2D eigenvalue weighted by Gasteiger charge is -2.14. The second-order valence-corrected chi connectivity index (χ2v) is 8.53. The van der Waals surface area contributed by atoms with Gasteiger partial charge in [0.05, 0.1) is 30.8 Å². The quantitative estimate of drug-likeness (QED) is 0.362. The number of methoxy groups -OCH3 is 1. The van der Waals surface area contributed by atoms with Crippen LogP contribution >= 0.6 is 31.9 Å². The molecule has 1 aromatic heterocycles. The summed E-state index contributed by atoms with van der Waals surface area (Å²) < 4.78 is 14.0. The molecule has 0 aliphatic carbocycles. The molecule has 6 nitrogen and oxygen atoms in total. The maximum absolute atomic E-state index is 13.2. The summed E-state index contributed by atoms with van der Waals surface area (Å²) in [7, 11) is 1.59. The lowest BCUT2D eigenvalue weighted by Crippen LogP contribution is -2.23. The Hall–Kier alpha value is -2.19. The van der Waals surface area contributed by atoms with Crippen LogP contribution in [-0.2, 0) is 0 Å². The molecule has 0 amide bonds. The van der Waals surface area contributed by atoms with Gasteiger partial charge in [-0.1, -0.05) is 29.8 Å². The Morgan fingerprint density at radius 1 is 1.20 bits per heavy atom. The first-order chi connectivity index (χ1) is 14.4. The second-order valence-electron chi connectivity index (χ2n) is 6.76. The minimum absolute atomic E-state index is 0.0705. The van der Waals surface area contributed by atoms with E-state index in [1.165, 1.54) is 4.68 Å². The maximum atomic E-state index is 13.2. The normalized spacial score (nSPS) is 12.5. The summed E-state index contributed by atoms with van der Waals surface area (Å²) >= 11 is 6.97. The molecule has 0 N–H and O–H groups in total. The van der Waals surface area contributed by atoms with E-state index in [9.17, 15) is 4.79 Å². The van der Waals surface area contributed by atoms with Gasteiger partial charge in [-0.2, -0.15) is 9.78 Å². The van der Waals surface area contributed by atoms with E-state index in [0.29, 0.717) is 34.8 Å². The Bertz CT molecular complexity index is 1160. The van der Waals surface area contributed by atoms with Crippen LogP contribution in [0.2, 0.25) is 0 Å². The molecule has 0 saturated heterocycles. The summed E-state index contributed by atoms with van der Waals surface area (Å²) in [6.45, 7) is 6.52. The Morgan fingerprint density at radius 3 is 2.63 bits per heavy atom. The molecule has 0 saturated carbocycles. The van der Waals surface area contributed by atoms with Crippen molar-refractivity contribution in [2.45, 2.75) is 33.1 Å². The summed E-state index contributed by atoms with van der Waals surface area (Å²) in [4.78, 5) is 18.0. The van der Waals surface area contributed by atoms with Gasteiger partial charge in [0, 0.05) is 20.4 Å². The van der Waals surface area contributed by atoms with Crippen LogP contribution in [0.25, 0.3) is 10.9 Å². The van der Waals surface area contributed by atoms with Crippen molar-refractivity contribution in [2.24, 2.45) is 5.10 Å². The van der Waals surface area contributed by atoms with Crippen LogP contribution in [-0.4, -0.2) is 29.6 Å². The van der Waals surface area contributed by atoms with Crippen molar-refractivity contribution < 1.29 is 9.47 Å². The maximum Gasteiger partial charge on any atom is 0.282 e. The minimum atomic E-state index is -0.206. The smallest absolute Gasteiger partial charge is 0.282 e. The fourth-order valence-corrected chi connectivity index (χ4v) is 3.76. The minimum Gasteiger partial charge on any atom is -0.493 e. The Labute approximate surface area is 192 Å². The third kappa shape index (κ3) is 4.59. The number of benzene rings is 2. The van der Waals surface area contributed by atoms with Crippen molar-refractivity contribution in [3.8, 4) is 11.5 Å². The first kappa shape index (κ1) is 22.5. The van der Waals surface area contributed by atoms with Gasteiger partial charge in [0.15, 0.2) is 11.5 Å². The highest BCUT2D eigenvalue weighted by molar-refractivity contribution is 9.10. The second kappa shape index (κ2) is 9.75. The molecule has 3 aromatic rings. The number of halogens is 2. The molecule has 158 valence electrons. The molecular formula is C22H23Br2N3O3. The van der Waals surface area contributed by atoms with E-state index >= 15 is 0 Å². The number of hydrogen-bond acceptors (Lipinski definition) is 5. The van der Waals surface area contributed by atoms with Crippen LogP contribution in [0.15, 0.2) is 49.2 Å². The van der Waals surface area contributed by atoms with Gasteiger partial charge in [-0.3, -0.25) is 4.79 Å². The summed E-state index contributed by atoms with van der Waals surface area (Å²) in [6, 6.07) is 9.14. The first-order valence-electron chi connectivity index (χ1n) is 9.66. The van der Waals surface area contributed by atoms with Gasteiger partial charge in [-0.05, 0) is 59.6 Å². The topological polar surface area (TPSA) is 65.7 Å². The van der Waals surface area contributed by atoms with Crippen molar-refractivity contribution >= 4 is 49.0 Å². The summed E-state index contributed by atoms with van der Waals surface area (Å²) in [6.07, 6.45) is 2.47. The number of ether oxygens (including phenoxy) is 2. The zero-order chi connectivity index (χ0) is 21.8. The molecule has 0 radical (unpaired) electrons. The van der Waals surface area contributed by atoms with E-state index in [-0.39, 0.29) is 11.5 Å². The van der Waals surface area contributed by atoms with Crippen molar-refractivity contribution in [1.29, 1.82) is 0 Å². The van der Waals surface area contributed by atoms with Gasteiger partial charge in [0.1, 0.15) is 5.82 Å². The van der Waals surface area contributed by atoms with Crippen molar-refractivity contribution in [3.05, 3.63) is 61.0 Å². The highest BCUT2D eigenvalue weighted by Gasteiger charge is 2.16. The molecule has 0 aliphatic heterocycles. The lowest BCUT2D eigenvalue weighted by atomic mass is 10.1. The molecule has 0 aliphatic rings. The Morgan fingerprint density at radius 2 is 1.97 bits per heavy atom. The van der Waals surface area contributed by atoms with Crippen LogP contribution in [0, 0.1) is 0 Å². The number of nitrogens with zero attached hydrogens (tertiary/aromatic N) is 3. The largest absolute Gasteiger partial charge is 0.493 e. The molecular weight excluding hydrogens is 514 g/mol. The summed E-state index contributed by atoms with van der Waals surface area (Å²) in [5.41, 5.74) is 1.22. The van der Waals surface area contributed by atoms with Gasteiger partial charge in [-0.25, -0.2) is 4.98 Å². The third-order valence-electron chi connectivity index (χ3n) is 4.78. The lowest BCUT2D eigenvalue weighted by molar-refractivity contribution is 0.311. The average molecular weight is 537 g/mol. The van der Waals surface area contributed by atoms with Crippen LogP contribution in [0.4, 0.5) is 0 Å². The average Bonchev–Trinajstić information content (AvgIpc) is 2.74. The van der Waals surface area contributed by atoms with Crippen LogP contribution in [0.3, 0.4) is 0 Å². The highest BCUT2D eigenvalue weighted by Crippen LogP contribution is 2.33. The van der Waals surface area contributed by atoms with Crippen LogP contribution in [0.1, 0.15) is 44.5 Å². The SMILES string of the molecule is CCOc1cc(C=Nn2c([C@H](C)CC)nc3ccc(Br)cc3c2=O)c(Br)cc1OC. The fraction of sp³-hybridized carbons (Fsp3) is 0.318. The van der Waals surface area contributed by atoms with E-state index in [0.717, 1.165) is 20.9 Å². The number of rotatable bonds is 7. The van der Waals surface area contributed by atoms with Gasteiger partial charge in [0.2, 0.25) is 0 Å². The molecule has 0 spiro atoms. The predicted octanol–water partition coefficient (Wildman–Crippen LogP) is 5.72. The Balaban J connectivity index is 2.17. The van der Waals surface area contributed by atoms with E-state index in [1.807, 2.05) is 38.1 Å². The van der Waals surface area contributed by atoms with Crippen molar-refractivity contribution in [3.63, 3.8) is 0 Å². The zero-order valence-corrected chi connectivity index (χ0v) is 20.4. The monoisotopic (exact) mass is 535 g/mol. The standard InChI is InChI=1S/C22H23Br2N3O3/c1-5-13(3)21-26-18-8-7-15(23)10-16(18)22(28)27(21)25-12-14-9-20(30-6-2)19(29-4)11-17(14)24/h7-13H,5-6H2,1-4H3/t13-/m1/s1. The van der Waals surface area contributed by atoms with E-state index in [2.05, 4.69) is 43.9 Å². The predicted molar refractivity (Wildman–Crippen MR) is 127 cm³/mol. The van der Waals surface area contributed by atoms with Gasteiger partial charge in [-0.15, -0.1) is 0 Å². The molecule has 1 heterocycles. The molecule has 30 heavy (non-hydrogen) atoms. The number of hydrogen-bond donors (Lipinski definition) is 0. The molecule has 0 unspecified atom stereocenters. The van der Waals surface area contributed by atoms with E-state index in [4.69, 9.17) is 14.5 Å². The highest BCUT2D eigenvalue weighted by atomic mass is 79.9. The third-order valence-corrected chi connectivity index (χ3v) is 5.96. The fourth-order valence-electron chi connectivity index (χ4n) is 2.98. The van der Waals surface area contributed by atoms with Gasteiger partial charge in [0.25, 0.3) is 5.56 Å². The Kier molecular flexibility index (Phi) is 7.31. The molecule has 0 fully saturated rings. The molecule has 2 aromatic carbocycles. The van der Waals surface area contributed by atoms with Crippen molar-refractivity contribution in [2.75, 3.05) is 13.7 Å². The molecule has 1 atom stereocenters. The molecule has 8 heteroatoms. The number of fused-ring (bicyclic) bond motifs is 1. The zero-order valence-electron chi connectivity index (χ0n) is 17.3. The van der Waals surface area contributed by atoms with Gasteiger partial charge < -0.3 is 9.47 Å². The molecule has 0 bridgehead atoms. The summed E-state index contributed by atoms with van der Waals surface area (Å²) in [5.74, 6) is 1.93. The summed E-state index contributed by atoms with van der Waals surface area (Å²) in [5, 5.41) is 5.03.